The molecule has 3 rings (SSSR count). The minimum Gasteiger partial charge on any atom is -0.336 e. The molecule has 2 heterocycles. The third-order valence-electron chi connectivity index (χ3n) is 3.42. The van der Waals surface area contributed by atoms with Crippen LogP contribution in [0.2, 0.25) is 5.02 Å². The van der Waals surface area contributed by atoms with Crippen molar-refractivity contribution in [1.82, 2.24) is 25.0 Å². The fourth-order valence-electron chi connectivity index (χ4n) is 2.20. The van der Waals surface area contributed by atoms with Gasteiger partial charge in [0.05, 0.1) is 5.75 Å². The molecule has 23 heavy (non-hydrogen) atoms. The van der Waals surface area contributed by atoms with Gasteiger partial charge in [0.2, 0.25) is 5.91 Å². The highest BCUT2D eigenvalue weighted by Gasteiger charge is 2.26. The summed E-state index contributed by atoms with van der Waals surface area (Å²) in [6.07, 6.45) is 0. The lowest BCUT2D eigenvalue weighted by molar-refractivity contribution is -0.124. The summed E-state index contributed by atoms with van der Waals surface area (Å²) in [5.74, 6) is 0.594. The maximum absolute atomic E-state index is 12.0. The summed E-state index contributed by atoms with van der Waals surface area (Å²) in [5.41, 5.74) is 0.890. The summed E-state index contributed by atoms with van der Waals surface area (Å²) in [7, 11) is 1.83. The zero-order valence-corrected chi connectivity index (χ0v) is 13.9. The summed E-state index contributed by atoms with van der Waals surface area (Å²) in [6.45, 7) is 0.910. The van der Waals surface area contributed by atoms with Crippen LogP contribution in [0.5, 0.6) is 0 Å². The van der Waals surface area contributed by atoms with E-state index in [4.69, 9.17) is 11.6 Å². The molecule has 0 bridgehead atoms. The summed E-state index contributed by atoms with van der Waals surface area (Å²) in [5, 5.41) is 12.1. The van der Waals surface area contributed by atoms with Crippen molar-refractivity contribution in [3.63, 3.8) is 0 Å². The number of aromatic nitrogens is 3. The van der Waals surface area contributed by atoms with Gasteiger partial charge in [0.25, 0.3) is 0 Å². The number of benzene rings is 1. The van der Waals surface area contributed by atoms with E-state index in [0.29, 0.717) is 29.1 Å². The second kappa shape index (κ2) is 6.59. The van der Waals surface area contributed by atoms with Crippen LogP contribution in [0.3, 0.4) is 0 Å². The number of rotatable bonds is 4. The number of nitrogens with one attached hydrogen (secondary N) is 1. The van der Waals surface area contributed by atoms with E-state index in [0.717, 1.165) is 5.56 Å². The van der Waals surface area contributed by atoms with Gasteiger partial charge < -0.3 is 9.88 Å². The van der Waals surface area contributed by atoms with Crippen LogP contribution in [0, 0.1) is 0 Å². The number of carbonyl (C=O) groups is 2. The van der Waals surface area contributed by atoms with Crippen LogP contribution in [-0.2, 0) is 11.8 Å². The molecule has 1 aromatic carbocycles. The van der Waals surface area contributed by atoms with Crippen molar-refractivity contribution in [2.24, 2.45) is 7.05 Å². The third kappa shape index (κ3) is 3.32. The van der Waals surface area contributed by atoms with Gasteiger partial charge in [-0.15, -0.1) is 10.2 Å². The molecule has 1 N–H and O–H groups in total. The quantitative estimate of drug-likeness (QED) is 0.849. The smallest absolute Gasteiger partial charge is 0.324 e. The highest BCUT2D eigenvalue weighted by molar-refractivity contribution is 7.99. The standard InChI is InChI=1S/C14H14ClN5O2S/c1-19-12(9-2-4-10(15)5-3-9)17-18-14(19)23-8-11(21)20-7-6-16-13(20)22/h2-5H,6-8H2,1H3,(H,16,22). The van der Waals surface area contributed by atoms with E-state index in [-0.39, 0.29) is 17.7 Å². The van der Waals surface area contributed by atoms with Gasteiger partial charge in [-0.1, -0.05) is 23.4 Å². The molecule has 1 aliphatic heterocycles. The number of urea groups is 1. The van der Waals surface area contributed by atoms with Crippen LogP contribution < -0.4 is 5.32 Å². The SMILES string of the molecule is Cn1c(SCC(=O)N2CCNC2=O)nnc1-c1ccc(Cl)cc1. The lowest BCUT2D eigenvalue weighted by Gasteiger charge is -2.11. The Morgan fingerprint density at radius 3 is 2.74 bits per heavy atom. The highest BCUT2D eigenvalue weighted by Crippen LogP contribution is 2.24. The Hall–Kier alpha value is -2.06. The Kier molecular flexibility index (Phi) is 4.53. The molecule has 2 aromatic rings. The van der Waals surface area contributed by atoms with Crippen LogP contribution in [0.15, 0.2) is 29.4 Å². The van der Waals surface area contributed by atoms with Crippen molar-refractivity contribution in [2.75, 3.05) is 18.8 Å². The van der Waals surface area contributed by atoms with E-state index in [1.807, 2.05) is 23.7 Å². The molecule has 120 valence electrons. The molecule has 1 aromatic heterocycles. The molecule has 0 unspecified atom stereocenters. The first-order chi connectivity index (χ1) is 11.1. The Morgan fingerprint density at radius 2 is 2.09 bits per heavy atom. The van der Waals surface area contributed by atoms with E-state index in [9.17, 15) is 9.59 Å². The number of hydrogen-bond donors (Lipinski definition) is 1. The van der Waals surface area contributed by atoms with E-state index < -0.39 is 0 Å². The Morgan fingerprint density at radius 1 is 1.35 bits per heavy atom. The average Bonchev–Trinajstić information content (AvgIpc) is 3.12. The minimum atomic E-state index is -0.338. The summed E-state index contributed by atoms with van der Waals surface area (Å²) in [4.78, 5) is 24.7. The maximum atomic E-state index is 12.0. The van der Waals surface area contributed by atoms with Crippen LogP contribution >= 0.6 is 23.4 Å². The van der Waals surface area contributed by atoms with Crippen LogP contribution in [0.4, 0.5) is 4.79 Å². The monoisotopic (exact) mass is 351 g/mol. The summed E-state index contributed by atoms with van der Waals surface area (Å²) in [6, 6.07) is 6.96. The van der Waals surface area contributed by atoms with Gasteiger partial charge in [-0.05, 0) is 24.3 Å². The number of thioether (sulfide) groups is 1. The van der Waals surface area contributed by atoms with Gasteiger partial charge in [0.15, 0.2) is 11.0 Å². The first-order valence-corrected chi connectivity index (χ1v) is 8.29. The molecule has 0 atom stereocenters. The summed E-state index contributed by atoms with van der Waals surface area (Å²) < 4.78 is 1.81. The molecule has 1 saturated heterocycles. The number of hydrogen-bond acceptors (Lipinski definition) is 5. The van der Waals surface area contributed by atoms with Gasteiger partial charge >= 0.3 is 6.03 Å². The Labute approximate surface area is 142 Å². The highest BCUT2D eigenvalue weighted by atomic mass is 35.5. The number of imide groups is 1. The molecule has 1 aliphatic rings. The van der Waals surface area contributed by atoms with Crippen LogP contribution in [-0.4, -0.2) is 50.4 Å². The topological polar surface area (TPSA) is 80.1 Å². The minimum absolute atomic E-state index is 0.139. The molecule has 1 fully saturated rings. The van der Waals surface area contributed by atoms with E-state index in [1.165, 1.54) is 16.7 Å². The number of carbonyl (C=O) groups excluding carboxylic acids is 2. The maximum Gasteiger partial charge on any atom is 0.324 e. The lowest BCUT2D eigenvalue weighted by Crippen LogP contribution is -2.35. The van der Waals surface area contributed by atoms with Crippen molar-refractivity contribution in [3.8, 4) is 11.4 Å². The fraction of sp³-hybridized carbons (Fsp3) is 0.286. The molecular weight excluding hydrogens is 338 g/mol. The van der Waals surface area contributed by atoms with Gasteiger partial charge in [-0.2, -0.15) is 0 Å². The molecule has 0 saturated carbocycles. The van der Waals surface area contributed by atoms with Crippen molar-refractivity contribution in [2.45, 2.75) is 5.16 Å². The largest absolute Gasteiger partial charge is 0.336 e. The molecule has 3 amide bonds. The van der Waals surface area contributed by atoms with Gasteiger partial charge in [-0.25, -0.2) is 4.79 Å². The van der Waals surface area contributed by atoms with Crippen molar-refractivity contribution in [1.29, 1.82) is 0 Å². The second-order valence-corrected chi connectivity index (χ2v) is 6.32. The van der Waals surface area contributed by atoms with Gasteiger partial charge in [0, 0.05) is 30.7 Å². The van der Waals surface area contributed by atoms with Crippen LogP contribution in [0.25, 0.3) is 11.4 Å². The molecule has 0 radical (unpaired) electrons. The zero-order valence-electron chi connectivity index (χ0n) is 12.3. The molecule has 7 nitrogen and oxygen atoms in total. The van der Waals surface area contributed by atoms with E-state index in [1.54, 1.807) is 12.1 Å². The van der Waals surface area contributed by atoms with Crippen molar-refractivity contribution in [3.05, 3.63) is 29.3 Å². The predicted molar refractivity (Wildman–Crippen MR) is 87.3 cm³/mol. The van der Waals surface area contributed by atoms with Crippen LogP contribution in [0.1, 0.15) is 0 Å². The van der Waals surface area contributed by atoms with Crippen molar-refractivity contribution < 1.29 is 9.59 Å². The molecule has 0 spiro atoms. The number of amides is 3. The zero-order chi connectivity index (χ0) is 16.4. The molecule has 9 heteroatoms. The van der Waals surface area contributed by atoms with Gasteiger partial charge in [0.1, 0.15) is 0 Å². The Bertz CT molecular complexity index is 746. The fourth-order valence-corrected chi connectivity index (χ4v) is 3.12. The third-order valence-corrected chi connectivity index (χ3v) is 4.68. The van der Waals surface area contributed by atoms with E-state index >= 15 is 0 Å². The summed E-state index contributed by atoms with van der Waals surface area (Å²) >= 11 is 7.14. The first kappa shape index (κ1) is 15.8. The van der Waals surface area contributed by atoms with E-state index in [2.05, 4.69) is 15.5 Å². The molecule has 0 aliphatic carbocycles. The second-order valence-electron chi connectivity index (χ2n) is 4.94. The lowest BCUT2D eigenvalue weighted by atomic mass is 10.2. The average molecular weight is 352 g/mol. The first-order valence-electron chi connectivity index (χ1n) is 6.92. The Balaban J connectivity index is 1.69. The van der Waals surface area contributed by atoms with Crippen molar-refractivity contribution >= 4 is 35.3 Å². The normalized spacial score (nSPS) is 14.2. The number of nitrogens with zero attached hydrogens (tertiary/aromatic N) is 4. The van der Waals surface area contributed by atoms with Gasteiger partial charge in [-0.3, -0.25) is 9.69 Å². The number of halogens is 1. The predicted octanol–water partition coefficient (Wildman–Crippen LogP) is 1.78. The molecular formula is C14H14ClN5O2S.